The fraction of sp³-hybridized carbons (Fsp3) is 0.455. The number of nitrogens with zero attached hydrogens (tertiary/aromatic N) is 1. The van der Waals surface area contributed by atoms with Gasteiger partial charge >= 0.3 is 5.97 Å². The zero-order chi connectivity index (χ0) is 20.4. The molecule has 7 atom stereocenters. The van der Waals surface area contributed by atoms with E-state index in [2.05, 4.69) is 12.2 Å². The molecule has 1 aromatic rings. The van der Waals surface area contributed by atoms with Gasteiger partial charge in [0.25, 0.3) is 0 Å². The van der Waals surface area contributed by atoms with Gasteiger partial charge in [0.05, 0.1) is 11.8 Å². The molecule has 1 saturated heterocycles. The number of esters is 1. The lowest BCUT2D eigenvalue weighted by Crippen LogP contribution is -2.45. The molecule has 1 aliphatic heterocycles. The summed E-state index contributed by atoms with van der Waals surface area (Å²) in [6, 6.07) is 5.21. The van der Waals surface area contributed by atoms with Gasteiger partial charge < -0.3 is 4.74 Å². The number of carbonyl (C=O) groups excluding carboxylic acids is 4. The quantitative estimate of drug-likeness (QED) is 0.320. The standard InChI is InChI=1S/C22H20ClNO5/c1-10(22(28)29-9-17(25)11-2-4-12(23)5-3-11)24-20(26)18-13-6-7-14(16-8-15(13)16)19(18)21(24)27/h2-7,10,13-16,18-19H,8-9H2,1H3/t10-,13+,14+,15+,16+,18-,19+/m0/s1. The molecule has 2 bridgehead atoms. The molecule has 2 saturated carbocycles. The number of Topliss-reactive ketones (excluding diaryl/α,β-unsaturated/α-hetero) is 1. The van der Waals surface area contributed by atoms with Crippen LogP contribution in [0.25, 0.3) is 0 Å². The highest BCUT2D eigenvalue weighted by Gasteiger charge is 2.67. The van der Waals surface area contributed by atoms with Crippen LogP contribution >= 0.6 is 11.6 Å². The Morgan fingerprint density at radius 1 is 1.07 bits per heavy atom. The zero-order valence-electron chi connectivity index (χ0n) is 15.8. The van der Waals surface area contributed by atoms with E-state index in [9.17, 15) is 19.2 Å². The highest BCUT2D eigenvalue weighted by atomic mass is 35.5. The van der Waals surface area contributed by atoms with E-state index in [0.717, 1.165) is 11.3 Å². The number of rotatable bonds is 5. The Morgan fingerprint density at radius 2 is 1.62 bits per heavy atom. The van der Waals surface area contributed by atoms with E-state index in [4.69, 9.17) is 16.3 Å². The molecular weight excluding hydrogens is 394 g/mol. The van der Waals surface area contributed by atoms with Crippen molar-refractivity contribution >= 4 is 35.2 Å². The van der Waals surface area contributed by atoms with Crippen molar-refractivity contribution in [2.24, 2.45) is 35.5 Å². The predicted molar refractivity (Wildman–Crippen MR) is 103 cm³/mol. The van der Waals surface area contributed by atoms with Gasteiger partial charge in [-0.15, -0.1) is 0 Å². The highest BCUT2D eigenvalue weighted by Crippen LogP contribution is 2.65. The van der Waals surface area contributed by atoms with Crippen molar-refractivity contribution in [3.63, 3.8) is 0 Å². The van der Waals surface area contributed by atoms with Crippen LogP contribution in [-0.2, 0) is 19.1 Å². The van der Waals surface area contributed by atoms with Gasteiger partial charge in [-0.05, 0) is 61.3 Å². The van der Waals surface area contributed by atoms with Crippen LogP contribution in [0.5, 0.6) is 0 Å². The third-order valence-electron chi connectivity index (χ3n) is 6.94. The molecule has 4 aliphatic carbocycles. The SMILES string of the molecule is C[C@@H](C(=O)OCC(=O)c1ccc(Cl)cc1)N1C(=O)[C@@H]2[C@@H]3C=C[C@H]([C@H]4C[C@H]34)[C@@H]2C1=O. The average Bonchev–Trinajstić information content (AvgIpc) is 3.49. The molecule has 6 rings (SSSR count). The smallest absolute Gasteiger partial charge is 0.329 e. The molecule has 1 heterocycles. The van der Waals surface area contributed by atoms with Crippen LogP contribution < -0.4 is 0 Å². The summed E-state index contributed by atoms with van der Waals surface area (Å²) in [6.45, 7) is 1.03. The van der Waals surface area contributed by atoms with E-state index in [1.54, 1.807) is 24.3 Å². The van der Waals surface area contributed by atoms with Crippen LogP contribution in [0, 0.1) is 35.5 Å². The number of ketones is 1. The van der Waals surface area contributed by atoms with E-state index < -0.39 is 18.6 Å². The first-order valence-electron chi connectivity index (χ1n) is 9.89. The highest BCUT2D eigenvalue weighted by molar-refractivity contribution is 6.30. The number of benzene rings is 1. The largest absolute Gasteiger partial charge is 0.456 e. The third kappa shape index (κ3) is 2.76. The van der Waals surface area contributed by atoms with Crippen molar-refractivity contribution in [3.05, 3.63) is 47.0 Å². The molecule has 0 radical (unpaired) electrons. The van der Waals surface area contributed by atoms with Crippen molar-refractivity contribution in [1.82, 2.24) is 4.90 Å². The number of carbonyl (C=O) groups is 4. The Labute approximate surface area is 172 Å². The molecule has 0 unspecified atom stereocenters. The van der Waals surface area contributed by atoms with E-state index >= 15 is 0 Å². The number of halogens is 1. The van der Waals surface area contributed by atoms with Crippen LogP contribution in [0.2, 0.25) is 5.02 Å². The normalized spacial score (nSPS) is 34.6. The van der Waals surface area contributed by atoms with Crippen LogP contribution in [0.3, 0.4) is 0 Å². The van der Waals surface area contributed by atoms with Gasteiger partial charge in [0.1, 0.15) is 6.04 Å². The molecule has 6 nitrogen and oxygen atoms in total. The fourth-order valence-corrected chi connectivity index (χ4v) is 5.57. The second-order valence-corrected chi connectivity index (χ2v) is 8.85. The average molecular weight is 414 g/mol. The number of hydrogen-bond donors (Lipinski definition) is 0. The van der Waals surface area contributed by atoms with E-state index in [1.165, 1.54) is 6.92 Å². The van der Waals surface area contributed by atoms with Gasteiger partial charge in [-0.2, -0.15) is 0 Å². The summed E-state index contributed by atoms with van der Waals surface area (Å²) in [4.78, 5) is 51.8. The number of hydrogen-bond acceptors (Lipinski definition) is 5. The number of amides is 2. The van der Waals surface area contributed by atoms with E-state index in [1.807, 2.05) is 0 Å². The first kappa shape index (κ1) is 18.6. The van der Waals surface area contributed by atoms with Gasteiger partial charge in [0.15, 0.2) is 12.4 Å². The van der Waals surface area contributed by atoms with E-state index in [0.29, 0.717) is 22.4 Å². The minimum Gasteiger partial charge on any atom is -0.456 e. The van der Waals surface area contributed by atoms with Gasteiger partial charge in [-0.3, -0.25) is 19.3 Å². The van der Waals surface area contributed by atoms with Gasteiger partial charge in [-0.25, -0.2) is 4.79 Å². The topological polar surface area (TPSA) is 80.8 Å². The number of ether oxygens (including phenoxy) is 1. The maximum atomic E-state index is 13.0. The lowest BCUT2D eigenvalue weighted by molar-refractivity contribution is -0.157. The molecule has 3 fully saturated rings. The summed E-state index contributed by atoms with van der Waals surface area (Å²) < 4.78 is 5.13. The molecule has 0 spiro atoms. The lowest BCUT2D eigenvalue weighted by Gasteiger charge is -2.37. The summed E-state index contributed by atoms with van der Waals surface area (Å²) >= 11 is 5.80. The molecule has 5 aliphatic rings. The van der Waals surface area contributed by atoms with Crippen molar-refractivity contribution < 1.29 is 23.9 Å². The van der Waals surface area contributed by atoms with Crippen molar-refractivity contribution in [2.75, 3.05) is 6.61 Å². The molecule has 29 heavy (non-hydrogen) atoms. The predicted octanol–water partition coefficient (Wildman–Crippen LogP) is 2.51. The molecule has 0 aromatic heterocycles. The summed E-state index contributed by atoms with van der Waals surface area (Å²) in [5, 5.41) is 0.501. The van der Waals surface area contributed by atoms with Crippen LogP contribution in [0.15, 0.2) is 36.4 Å². The maximum absolute atomic E-state index is 13.0. The Balaban J connectivity index is 1.26. The Hall–Kier alpha value is -2.47. The van der Waals surface area contributed by atoms with Crippen LogP contribution in [0.1, 0.15) is 23.7 Å². The Bertz CT molecular complexity index is 918. The second kappa shape index (κ2) is 6.52. The molecule has 1 aromatic carbocycles. The van der Waals surface area contributed by atoms with Gasteiger partial charge in [0, 0.05) is 10.6 Å². The summed E-state index contributed by atoms with van der Waals surface area (Å²) in [6.07, 6.45) is 5.26. The first-order valence-corrected chi connectivity index (χ1v) is 10.3. The fourth-order valence-electron chi connectivity index (χ4n) is 5.44. The Kier molecular flexibility index (Phi) is 4.17. The molecule has 7 heteroatoms. The number of imide groups is 1. The summed E-state index contributed by atoms with van der Waals surface area (Å²) in [5.74, 6) is -1.19. The minimum atomic E-state index is -1.05. The van der Waals surface area contributed by atoms with Crippen LogP contribution in [0.4, 0.5) is 0 Å². The third-order valence-corrected chi connectivity index (χ3v) is 7.19. The minimum absolute atomic E-state index is 0.103. The number of allylic oxidation sites excluding steroid dienone is 2. The lowest BCUT2D eigenvalue weighted by atomic mass is 9.63. The van der Waals surface area contributed by atoms with Crippen molar-refractivity contribution in [1.29, 1.82) is 0 Å². The van der Waals surface area contributed by atoms with Crippen molar-refractivity contribution in [3.8, 4) is 0 Å². The van der Waals surface area contributed by atoms with Crippen molar-refractivity contribution in [2.45, 2.75) is 19.4 Å². The first-order chi connectivity index (χ1) is 13.9. The number of likely N-dealkylation sites (tertiary alicyclic amines) is 1. The van der Waals surface area contributed by atoms with Crippen LogP contribution in [-0.4, -0.2) is 41.1 Å². The van der Waals surface area contributed by atoms with E-state index in [-0.39, 0.29) is 41.3 Å². The Morgan fingerprint density at radius 3 is 2.17 bits per heavy atom. The molecule has 150 valence electrons. The zero-order valence-corrected chi connectivity index (χ0v) is 16.5. The summed E-state index contributed by atoms with van der Waals surface area (Å²) in [7, 11) is 0. The molecular formula is C22H20ClNO5. The molecule has 2 amide bonds. The maximum Gasteiger partial charge on any atom is 0.329 e. The van der Waals surface area contributed by atoms with Gasteiger partial charge in [-0.1, -0.05) is 23.8 Å². The molecule has 0 N–H and O–H groups in total. The monoisotopic (exact) mass is 413 g/mol. The summed E-state index contributed by atoms with van der Waals surface area (Å²) in [5.41, 5.74) is 0.371. The second-order valence-electron chi connectivity index (χ2n) is 8.41. The van der Waals surface area contributed by atoms with Gasteiger partial charge in [0.2, 0.25) is 11.8 Å².